The van der Waals surface area contributed by atoms with Crippen LogP contribution in [0.2, 0.25) is 0 Å². The zero-order valence-electron chi connectivity index (χ0n) is 37.4. The van der Waals surface area contributed by atoms with Crippen LogP contribution in [0.4, 0.5) is 15.9 Å². The van der Waals surface area contributed by atoms with E-state index in [9.17, 15) is 19.5 Å². The van der Waals surface area contributed by atoms with Gasteiger partial charge in [0.2, 0.25) is 0 Å². The van der Waals surface area contributed by atoms with Crippen LogP contribution >= 0.6 is 0 Å². The number of benzene rings is 3. The first kappa shape index (κ1) is 42.8. The van der Waals surface area contributed by atoms with Gasteiger partial charge in [0.1, 0.15) is 35.4 Å². The normalized spacial score (nSPS) is 22.6. The molecule has 0 radical (unpaired) electrons. The average molecular weight is 896 g/mol. The van der Waals surface area contributed by atoms with Crippen LogP contribution in [0.25, 0.3) is 32.9 Å². The molecule has 4 saturated heterocycles. The number of carbonyl (C=O) groups is 3. The van der Waals surface area contributed by atoms with Crippen molar-refractivity contribution in [1.82, 2.24) is 35.0 Å². The third-order valence-corrected chi connectivity index (χ3v) is 15.3. The second kappa shape index (κ2) is 17.8. The Balaban J connectivity index is 0.710. The van der Waals surface area contributed by atoms with Crippen molar-refractivity contribution in [3.05, 3.63) is 77.7 Å². The van der Waals surface area contributed by atoms with Gasteiger partial charge in [0.05, 0.1) is 18.0 Å². The lowest BCUT2D eigenvalue weighted by Crippen LogP contribution is -2.51. The summed E-state index contributed by atoms with van der Waals surface area (Å²) in [6, 6.07) is 17.2. The topological polar surface area (TPSA) is 148 Å². The zero-order chi connectivity index (χ0) is 44.9. The molecule has 2 aromatic heterocycles. The monoisotopic (exact) mass is 895 g/mol. The number of hydrogen-bond donors (Lipinski definition) is 2. The average Bonchev–Trinajstić information content (AvgIpc) is 3.91. The first-order valence-electron chi connectivity index (χ1n) is 24.0. The van der Waals surface area contributed by atoms with Crippen molar-refractivity contribution in [1.29, 1.82) is 0 Å². The predicted octanol–water partition coefficient (Wildman–Crippen LogP) is 5.83. The van der Waals surface area contributed by atoms with Crippen LogP contribution < -0.4 is 19.9 Å². The molecule has 5 aliphatic heterocycles. The number of aldehydes is 2. The minimum atomic E-state index is -0.578. The van der Waals surface area contributed by atoms with Crippen molar-refractivity contribution < 1.29 is 28.6 Å². The number of aromatic nitrogens is 3. The molecule has 3 unspecified atom stereocenters. The second-order valence-corrected chi connectivity index (χ2v) is 19.8. The van der Waals surface area contributed by atoms with E-state index in [1.165, 1.54) is 0 Å². The van der Waals surface area contributed by atoms with Crippen LogP contribution in [0.15, 0.2) is 60.8 Å². The number of phenols is 1. The standard InChI is InChI=1S/C51H58FN9O5/c52-45-46(43-24-40(64)23-34-4-1-2-6-41(34)43)53-25-44-47(45)55-50(56-48(44)60-28-36-7-8-37(29-60)54-36)66-32-51(13-14-51)31-58-19-17-57(18-20-58)26-33-11-15-59(16-12-33)38-9-10-42-35(22-38)27-61(49(42)65)39(30-63)5-3-21-62/h1-2,4,6,9-10,21-25,30,33,36-37,39,54,64H,3,5,7-8,11-20,26-29,31-32H2. The molecule has 3 atom stereocenters. The fraction of sp³-hybridized carbons (Fsp3) is 0.490. The summed E-state index contributed by atoms with van der Waals surface area (Å²) in [7, 11) is 0. The minimum absolute atomic E-state index is 0.0136. The summed E-state index contributed by atoms with van der Waals surface area (Å²) < 4.78 is 23.4. The van der Waals surface area contributed by atoms with Gasteiger partial charge < -0.3 is 49.2 Å². The summed E-state index contributed by atoms with van der Waals surface area (Å²) in [5.74, 6) is 0.653. The van der Waals surface area contributed by atoms with E-state index in [4.69, 9.17) is 14.7 Å². The number of hydrogen-bond acceptors (Lipinski definition) is 13. The summed E-state index contributed by atoms with van der Waals surface area (Å²) in [4.78, 5) is 61.6. The van der Waals surface area contributed by atoms with Crippen molar-refractivity contribution >= 4 is 51.7 Å². The molecule has 5 aromatic rings. The summed E-state index contributed by atoms with van der Waals surface area (Å²) in [5, 5.41) is 16.5. The number of fused-ring (bicyclic) bond motifs is 5. The van der Waals surface area contributed by atoms with Crippen LogP contribution in [0.5, 0.6) is 11.8 Å². The number of piperazine rings is 2. The largest absolute Gasteiger partial charge is 0.508 e. The molecule has 6 aliphatic rings. The number of amides is 1. The van der Waals surface area contributed by atoms with Gasteiger partial charge in [-0.05, 0) is 97.5 Å². The van der Waals surface area contributed by atoms with Gasteiger partial charge in [-0.2, -0.15) is 9.97 Å². The van der Waals surface area contributed by atoms with E-state index in [0.717, 1.165) is 139 Å². The van der Waals surface area contributed by atoms with Gasteiger partial charge in [0.15, 0.2) is 5.82 Å². The minimum Gasteiger partial charge on any atom is -0.508 e. The maximum Gasteiger partial charge on any atom is 0.319 e. The third kappa shape index (κ3) is 8.45. The molecule has 2 N–H and O–H groups in total. The molecule has 14 nitrogen and oxygen atoms in total. The molecule has 2 bridgehead atoms. The first-order valence-corrected chi connectivity index (χ1v) is 24.0. The van der Waals surface area contributed by atoms with E-state index >= 15 is 4.39 Å². The molecule has 7 heterocycles. The van der Waals surface area contributed by atoms with Crippen molar-refractivity contribution in [3.63, 3.8) is 0 Å². The maximum absolute atomic E-state index is 16.9. The number of anilines is 2. The summed E-state index contributed by atoms with van der Waals surface area (Å²) in [6.45, 7) is 10.5. The molecule has 15 heteroatoms. The van der Waals surface area contributed by atoms with Gasteiger partial charge in [-0.25, -0.2) is 4.39 Å². The first-order chi connectivity index (χ1) is 32.2. The van der Waals surface area contributed by atoms with E-state index in [1.807, 2.05) is 36.4 Å². The fourth-order valence-corrected chi connectivity index (χ4v) is 11.4. The lowest BCUT2D eigenvalue weighted by Gasteiger charge is -2.40. The number of nitrogens with zero attached hydrogens (tertiary/aromatic N) is 8. The van der Waals surface area contributed by atoms with Gasteiger partial charge in [0, 0.05) is 119 Å². The van der Waals surface area contributed by atoms with E-state index in [1.54, 1.807) is 23.2 Å². The number of nitrogens with one attached hydrogen (secondary N) is 1. The van der Waals surface area contributed by atoms with E-state index in [0.29, 0.717) is 59.9 Å². The molecule has 1 aliphatic carbocycles. The molecule has 11 rings (SSSR count). The lowest BCUT2D eigenvalue weighted by atomic mass is 9.95. The summed E-state index contributed by atoms with van der Waals surface area (Å²) in [5.41, 5.74) is 3.57. The van der Waals surface area contributed by atoms with Gasteiger partial charge in [-0.3, -0.25) is 9.78 Å². The Morgan fingerprint density at radius 1 is 0.879 bits per heavy atom. The SMILES string of the molecule is O=CCCC(C=O)N1Cc2cc(N3CCC(CN4CCN(CC5(COc6nc(N7CC8CCC(C7)N8)c7cnc(-c8cc(O)cc9ccccc89)c(F)c7n6)CC5)CC4)CC3)ccc2C1=O. The van der Waals surface area contributed by atoms with Crippen LogP contribution in [0, 0.1) is 17.2 Å². The van der Waals surface area contributed by atoms with Gasteiger partial charge in [-0.1, -0.05) is 24.3 Å². The van der Waals surface area contributed by atoms with Crippen LogP contribution in [-0.4, -0.2) is 143 Å². The highest BCUT2D eigenvalue weighted by Crippen LogP contribution is 2.47. The Morgan fingerprint density at radius 2 is 1.65 bits per heavy atom. The van der Waals surface area contributed by atoms with E-state index in [-0.39, 0.29) is 40.7 Å². The fourth-order valence-electron chi connectivity index (χ4n) is 11.4. The molecular weight excluding hydrogens is 838 g/mol. The Morgan fingerprint density at radius 3 is 2.41 bits per heavy atom. The third-order valence-electron chi connectivity index (χ3n) is 15.3. The number of halogens is 1. The Kier molecular flexibility index (Phi) is 11.6. The zero-order valence-corrected chi connectivity index (χ0v) is 37.4. The molecular formula is C51H58FN9O5. The smallest absolute Gasteiger partial charge is 0.319 e. The Bertz CT molecular complexity index is 2650. The van der Waals surface area contributed by atoms with Gasteiger partial charge in [0.25, 0.3) is 5.91 Å². The van der Waals surface area contributed by atoms with Crippen LogP contribution in [0.3, 0.4) is 0 Å². The number of carbonyl (C=O) groups excluding carboxylic acids is 3. The van der Waals surface area contributed by atoms with Crippen LogP contribution in [-0.2, 0) is 16.1 Å². The molecule has 66 heavy (non-hydrogen) atoms. The number of pyridine rings is 1. The van der Waals surface area contributed by atoms with Crippen molar-refractivity contribution in [2.24, 2.45) is 11.3 Å². The highest BCUT2D eigenvalue weighted by Gasteiger charge is 2.46. The molecule has 5 fully saturated rings. The number of aromatic hydroxyl groups is 1. The summed E-state index contributed by atoms with van der Waals surface area (Å²) >= 11 is 0. The molecule has 1 saturated carbocycles. The number of ether oxygens (including phenoxy) is 1. The second-order valence-electron chi connectivity index (χ2n) is 19.8. The lowest BCUT2D eigenvalue weighted by molar-refractivity contribution is -0.112. The number of piperidine rings is 1. The molecule has 0 spiro atoms. The number of phenolic OH excluding ortho intramolecular Hbond substituents is 1. The Labute approximate surface area is 384 Å². The van der Waals surface area contributed by atoms with E-state index < -0.39 is 11.9 Å². The van der Waals surface area contributed by atoms with Crippen molar-refractivity contribution in [3.8, 4) is 23.0 Å². The predicted molar refractivity (Wildman–Crippen MR) is 251 cm³/mol. The van der Waals surface area contributed by atoms with Crippen LogP contribution in [0.1, 0.15) is 67.3 Å². The molecule has 1 amide bonds. The summed E-state index contributed by atoms with van der Waals surface area (Å²) in [6.07, 6.45) is 10.4. The number of rotatable bonds is 15. The highest BCUT2D eigenvalue weighted by molar-refractivity contribution is 6.01. The highest BCUT2D eigenvalue weighted by atomic mass is 19.1. The quantitative estimate of drug-likeness (QED) is 0.122. The van der Waals surface area contributed by atoms with Crippen molar-refractivity contribution in [2.75, 3.05) is 81.9 Å². The van der Waals surface area contributed by atoms with Gasteiger partial charge in [-0.15, -0.1) is 0 Å². The van der Waals surface area contributed by atoms with Crippen molar-refractivity contribution in [2.45, 2.75) is 76.0 Å². The van der Waals surface area contributed by atoms with Gasteiger partial charge >= 0.3 is 6.01 Å². The Hall–Kier alpha value is -5.77. The molecule has 344 valence electrons. The van der Waals surface area contributed by atoms with E-state index in [2.05, 4.69) is 36.0 Å². The maximum atomic E-state index is 16.9. The molecule has 3 aromatic carbocycles.